The van der Waals surface area contributed by atoms with E-state index in [0.29, 0.717) is 11.3 Å². The maximum Gasteiger partial charge on any atom is 0.126 e. The molecule has 1 nitrogen and oxygen atoms in total. The number of benzene rings is 1. The van der Waals surface area contributed by atoms with E-state index in [1.54, 1.807) is 6.07 Å². The molecule has 0 unspecified atom stereocenters. The largest absolute Gasteiger partial charge is 0.317 e. The van der Waals surface area contributed by atoms with Gasteiger partial charge in [-0.05, 0) is 74.2 Å². The molecule has 1 aliphatic carbocycles. The molecule has 1 spiro atoms. The Kier molecular flexibility index (Phi) is 3.98. The molecule has 2 aliphatic rings. The standard InChI is InChI=1S/C15H20FN.ClH/c1-11-8-12(2-3-14(11)16)13-9-15(10-13)4-6-17-7-5-15;/h2-3,8,13,17H,4-7,9-10H2,1H3;1H. The summed E-state index contributed by atoms with van der Waals surface area (Å²) in [5, 5.41) is 3.43. The van der Waals surface area contributed by atoms with Crippen LogP contribution in [0, 0.1) is 18.2 Å². The fourth-order valence-corrected chi connectivity index (χ4v) is 3.51. The summed E-state index contributed by atoms with van der Waals surface area (Å²) in [6, 6.07) is 5.63. The van der Waals surface area contributed by atoms with E-state index in [1.807, 2.05) is 19.1 Å². The third-order valence-corrected chi connectivity index (χ3v) is 4.68. The second-order valence-electron chi connectivity index (χ2n) is 5.86. The summed E-state index contributed by atoms with van der Waals surface area (Å²) < 4.78 is 13.2. The first-order chi connectivity index (χ1) is 8.19. The van der Waals surface area contributed by atoms with Crippen molar-refractivity contribution in [2.45, 2.75) is 38.5 Å². The van der Waals surface area contributed by atoms with E-state index in [4.69, 9.17) is 0 Å². The van der Waals surface area contributed by atoms with Crippen molar-refractivity contribution in [2.24, 2.45) is 5.41 Å². The van der Waals surface area contributed by atoms with Gasteiger partial charge in [0.2, 0.25) is 0 Å². The lowest BCUT2D eigenvalue weighted by Gasteiger charge is -2.50. The Morgan fingerprint density at radius 3 is 2.50 bits per heavy atom. The van der Waals surface area contributed by atoms with Gasteiger partial charge in [0.1, 0.15) is 5.82 Å². The van der Waals surface area contributed by atoms with Crippen molar-refractivity contribution in [1.82, 2.24) is 5.32 Å². The molecule has 1 aromatic rings. The van der Waals surface area contributed by atoms with Crippen molar-refractivity contribution in [3.63, 3.8) is 0 Å². The molecule has 0 aromatic heterocycles. The molecule has 18 heavy (non-hydrogen) atoms. The Bertz CT molecular complexity index is 419. The van der Waals surface area contributed by atoms with Crippen molar-refractivity contribution in [1.29, 1.82) is 0 Å². The fourth-order valence-electron chi connectivity index (χ4n) is 3.51. The van der Waals surface area contributed by atoms with Crippen LogP contribution in [0.15, 0.2) is 18.2 Å². The number of nitrogens with one attached hydrogen (secondary N) is 1. The molecule has 1 N–H and O–H groups in total. The van der Waals surface area contributed by atoms with Gasteiger partial charge in [0.15, 0.2) is 0 Å². The van der Waals surface area contributed by atoms with Crippen LogP contribution in [0.2, 0.25) is 0 Å². The molecular weight excluding hydrogens is 249 g/mol. The van der Waals surface area contributed by atoms with E-state index in [9.17, 15) is 4.39 Å². The average Bonchev–Trinajstić information content (AvgIpc) is 2.31. The van der Waals surface area contributed by atoms with E-state index >= 15 is 0 Å². The molecule has 1 saturated heterocycles. The van der Waals surface area contributed by atoms with Crippen LogP contribution < -0.4 is 5.32 Å². The Morgan fingerprint density at radius 1 is 1.22 bits per heavy atom. The molecule has 100 valence electrons. The summed E-state index contributed by atoms with van der Waals surface area (Å²) in [4.78, 5) is 0. The number of halogens is 2. The lowest BCUT2D eigenvalue weighted by Crippen LogP contribution is -2.44. The van der Waals surface area contributed by atoms with Gasteiger partial charge in [-0.3, -0.25) is 0 Å². The minimum absolute atomic E-state index is 0. The van der Waals surface area contributed by atoms with Crippen LogP contribution in [-0.2, 0) is 0 Å². The summed E-state index contributed by atoms with van der Waals surface area (Å²) in [5.41, 5.74) is 2.74. The zero-order chi connectivity index (χ0) is 11.9. The van der Waals surface area contributed by atoms with Crippen molar-refractivity contribution < 1.29 is 4.39 Å². The highest BCUT2D eigenvalue weighted by Gasteiger charge is 2.44. The monoisotopic (exact) mass is 269 g/mol. The SMILES string of the molecule is Cc1cc(C2CC3(CCNCC3)C2)ccc1F.Cl. The van der Waals surface area contributed by atoms with Gasteiger partial charge in [-0.2, -0.15) is 0 Å². The van der Waals surface area contributed by atoms with E-state index in [2.05, 4.69) is 5.32 Å². The van der Waals surface area contributed by atoms with E-state index < -0.39 is 0 Å². The number of hydrogen-bond donors (Lipinski definition) is 1. The summed E-state index contributed by atoms with van der Waals surface area (Å²) >= 11 is 0. The zero-order valence-electron chi connectivity index (χ0n) is 10.8. The van der Waals surface area contributed by atoms with E-state index in [-0.39, 0.29) is 18.2 Å². The van der Waals surface area contributed by atoms with Crippen LogP contribution in [0.1, 0.15) is 42.7 Å². The van der Waals surface area contributed by atoms with Gasteiger partial charge in [0.05, 0.1) is 0 Å². The Morgan fingerprint density at radius 2 is 1.89 bits per heavy atom. The van der Waals surface area contributed by atoms with Gasteiger partial charge in [0, 0.05) is 0 Å². The lowest BCUT2D eigenvalue weighted by molar-refractivity contribution is 0.0603. The van der Waals surface area contributed by atoms with Gasteiger partial charge < -0.3 is 5.32 Å². The number of hydrogen-bond acceptors (Lipinski definition) is 1. The molecular formula is C15H21ClFN. The van der Waals surface area contributed by atoms with E-state index in [0.717, 1.165) is 5.56 Å². The highest BCUT2D eigenvalue weighted by Crippen LogP contribution is 2.55. The Balaban J connectivity index is 0.00000120. The summed E-state index contributed by atoms with van der Waals surface area (Å²) in [6.07, 6.45) is 5.26. The van der Waals surface area contributed by atoms with Crippen LogP contribution in [0.4, 0.5) is 4.39 Å². The topological polar surface area (TPSA) is 12.0 Å². The molecule has 0 bridgehead atoms. The first kappa shape index (κ1) is 13.8. The fraction of sp³-hybridized carbons (Fsp3) is 0.600. The van der Waals surface area contributed by atoms with Gasteiger partial charge in [0.25, 0.3) is 0 Å². The van der Waals surface area contributed by atoms with E-state index in [1.165, 1.54) is 44.3 Å². The van der Waals surface area contributed by atoms with Crippen LogP contribution in [0.5, 0.6) is 0 Å². The molecule has 3 heteroatoms. The number of aryl methyl sites for hydroxylation is 1. The molecule has 3 rings (SSSR count). The number of piperidine rings is 1. The summed E-state index contributed by atoms with van der Waals surface area (Å²) in [7, 11) is 0. The first-order valence-electron chi connectivity index (χ1n) is 6.65. The van der Waals surface area contributed by atoms with Crippen molar-refractivity contribution >= 4 is 12.4 Å². The van der Waals surface area contributed by atoms with Crippen molar-refractivity contribution in [3.05, 3.63) is 35.1 Å². The summed E-state index contributed by atoms with van der Waals surface area (Å²) in [5.74, 6) is 0.594. The smallest absolute Gasteiger partial charge is 0.126 e. The highest BCUT2D eigenvalue weighted by atomic mass is 35.5. The average molecular weight is 270 g/mol. The second-order valence-corrected chi connectivity index (χ2v) is 5.86. The van der Waals surface area contributed by atoms with Crippen LogP contribution in [-0.4, -0.2) is 13.1 Å². The predicted molar refractivity (Wildman–Crippen MR) is 74.9 cm³/mol. The van der Waals surface area contributed by atoms with Gasteiger partial charge in [-0.25, -0.2) is 4.39 Å². The van der Waals surface area contributed by atoms with Crippen molar-refractivity contribution in [2.75, 3.05) is 13.1 Å². The number of rotatable bonds is 1. The predicted octanol–water partition coefficient (Wildman–Crippen LogP) is 3.80. The normalized spacial score (nSPS) is 22.3. The third-order valence-electron chi connectivity index (χ3n) is 4.68. The minimum Gasteiger partial charge on any atom is -0.317 e. The molecule has 1 saturated carbocycles. The minimum atomic E-state index is -0.0790. The van der Waals surface area contributed by atoms with Gasteiger partial charge >= 0.3 is 0 Å². The lowest BCUT2D eigenvalue weighted by atomic mass is 9.56. The maximum atomic E-state index is 13.2. The second kappa shape index (κ2) is 5.18. The molecule has 1 aromatic carbocycles. The molecule has 0 atom stereocenters. The molecule has 2 fully saturated rings. The maximum absolute atomic E-state index is 13.2. The highest BCUT2D eigenvalue weighted by molar-refractivity contribution is 5.85. The molecule has 1 heterocycles. The zero-order valence-corrected chi connectivity index (χ0v) is 11.7. The molecule has 0 amide bonds. The first-order valence-corrected chi connectivity index (χ1v) is 6.65. The van der Waals surface area contributed by atoms with Crippen LogP contribution >= 0.6 is 12.4 Å². The third kappa shape index (κ3) is 2.41. The molecule has 0 radical (unpaired) electrons. The molecule has 1 aliphatic heterocycles. The Hall–Kier alpha value is -0.600. The quantitative estimate of drug-likeness (QED) is 0.818. The van der Waals surface area contributed by atoms with Gasteiger partial charge in [-0.15, -0.1) is 12.4 Å². The van der Waals surface area contributed by atoms with Gasteiger partial charge in [-0.1, -0.05) is 12.1 Å². The van der Waals surface area contributed by atoms with Crippen LogP contribution in [0.3, 0.4) is 0 Å². The van der Waals surface area contributed by atoms with Crippen LogP contribution in [0.25, 0.3) is 0 Å². The van der Waals surface area contributed by atoms with Crippen molar-refractivity contribution in [3.8, 4) is 0 Å². The summed E-state index contributed by atoms with van der Waals surface area (Å²) in [6.45, 7) is 4.21. The Labute approximate surface area is 115 Å².